The highest BCUT2D eigenvalue weighted by Gasteiger charge is 2.56. The second-order valence-corrected chi connectivity index (χ2v) is 25.6. The van der Waals surface area contributed by atoms with E-state index in [1.165, 1.54) is 15.9 Å². The quantitative estimate of drug-likeness (QED) is 0.180. The molecule has 1 spiro atoms. The van der Waals surface area contributed by atoms with Gasteiger partial charge in [-0.1, -0.05) is 140 Å². The summed E-state index contributed by atoms with van der Waals surface area (Å²) in [6.45, 7) is 26.0. The molecule has 0 aromatic heterocycles. The molecule has 5 nitrogen and oxygen atoms in total. The summed E-state index contributed by atoms with van der Waals surface area (Å²) in [4.78, 5) is 0. The van der Waals surface area contributed by atoms with Crippen LogP contribution in [-0.2, 0) is 18.3 Å². The van der Waals surface area contributed by atoms with E-state index in [1.807, 2.05) is 0 Å². The van der Waals surface area contributed by atoms with E-state index in [0.717, 1.165) is 24.8 Å². The molecule has 7 heteroatoms. The first-order valence-corrected chi connectivity index (χ1v) is 22.6. The maximum atomic E-state index is 11.5. The van der Waals surface area contributed by atoms with Crippen molar-refractivity contribution < 1.29 is 23.4 Å². The molecule has 0 bridgehead atoms. The first-order valence-electron chi connectivity index (χ1n) is 17.7. The summed E-state index contributed by atoms with van der Waals surface area (Å²) in [6, 6.07) is 21.6. The second-order valence-electron chi connectivity index (χ2n) is 16.5. The maximum Gasteiger partial charge on any atom is 0.261 e. The topological polar surface area (TPSA) is 57.2 Å². The largest absolute Gasteiger partial charge is 0.413 e. The van der Waals surface area contributed by atoms with Crippen molar-refractivity contribution in [1.82, 2.24) is 0 Å². The van der Waals surface area contributed by atoms with Crippen molar-refractivity contribution in [2.45, 2.75) is 129 Å². The molecule has 47 heavy (non-hydrogen) atoms. The van der Waals surface area contributed by atoms with Gasteiger partial charge in [0.25, 0.3) is 8.32 Å². The summed E-state index contributed by atoms with van der Waals surface area (Å²) in [5.74, 6) is -0.0362. The fourth-order valence-electron chi connectivity index (χ4n) is 6.96. The molecule has 0 radical (unpaired) electrons. The minimum absolute atomic E-state index is 0.114. The Morgan fingerprint density at radius 3 is 2.02 bits per heavy atom. The van der Waals surface area contributed by atoms with Gasteiger partial charge >= 0.3 is 0 Å². The Hall–Kier alpha value is -1.85. The predicted molar refractivity (Wildman–Crippen MR) is 200 cm³/mol. The van der Waals surface area contributed by atoms with Gasteiger partial charge in [-0.15, -0.1) is 0 Å². The second kappa shape index (κ2) is 15.0. The first-order chi connectivity index (χ1) is 22.0. The van der Waals surface area contributed by atoms with Crippen LogP contribution in [0.3, 0.4) is 0 Å². The van der Waals surface area contributed by atoms with Crippen molar-refractivity contribution in [3.05, 3.63) is 84.0 Å². The van der Waals surface area contributed by atoms with E-state index in [0.29, 0.717) is 19.6 Å². The van der Waals surface area contributed by atoms with E-state index in [4.69, 9.17) is 18.3 Å². The van der Waals surface area contributed by atoms with Gasteiger partial charge in [-0.05, 0) is 71.2 Å². The van der Waals surface area contributed by atoms with Crippen LogP contribution in [0.1, 0.15) is 88.0 Å². The lowest BCUT2D eigenvalue weighted by atomic mass is 9.71. The minimum Gasteiger partial charge on any atom is -0.413 e. The molecule has 1 saturated heterocycles. The Bertz CT molecular complexity index is 1320. The molecule has 4 rings (SSSR count). The fraction of sp³-hybridized carbons (Fsp3) is 0.600. The molecule has 1 aliphatic carbocycles. The molecule has 0 saturated carbocycles. The van der Waals surface area contributed by atoms with Crippen LogP contribution in [-0.4, -0.2) is 53.1 Å². The van der Waals surface area contributed by atoms with Gasteiger partial charge < -0.3 is 23.4 Å². The molecule has 1 fully saturated rings. The number of hydrogen-bond acceptors (Lipinski definition) is 5. The molecule has 1 heterocycles. The van der Waals surface area contributed by atoms with E-state index < -0.39 is 34.8 Å². The van der Waals surface area contributed by atoms with E-state index in [1.54, 1.807) is 0 Å². The molecule has 260 valence electrons. The van der Waals surface area contributed by atoms with Crippen LogP contribution >= 0.6 is 0 Å². The van der Waals surface area contributed by atoms with E-state index in [-0.39, 0.29) is 21.9 Å². The van der Waals surface area contributed by atoms with Gasteiger partial charge in [0.2, 0.25) is 0 Å². The summed E-state index contributed by atoms with van der Waals surface area (Å²) in [7, 11) is -4.66. The zero-order chi connectivity index (χ0) is 34.7. The number of hydrogen-bond donors (Lipinski definition) is 1. The van der Waals surface area contributed by atoms with Gasteiger partial charge in [-0.2, -0.15) is 0 Å². The summed E-state index contributed by atoms with van der Waals surface area (Å²) in [5, 5.41) is 14.1. The molecule has 2 aromatic rings. The van der Waals surface area contributed by atoms with Crippen LogP contribution in [0.25, 0.3) is 0 Å². The maximum absolute atomic E-state index is 11.5. The molecule has 1 N–H and O–H groups in total. The van der Waals surface area contributed by atoms with Crippen LogP contribution in [0.5, 0.6) is 0 Å². The third-order valence-corrected chi connectivity index (χ3v) is 20.3. The SMILES string of the molecule is CCCC[C@H]1OC(O)[C@@]2(C[C@@H](C)C(CO[Si](c3ccccc3)(c3ccccc3)C(C)(C)C)=C[C@H]2/C=C(\C)CO[Si](C)(C)C(C)(C)C)O1. The number of rotatable bonds is 12. The van der Waals surface area contributed by atoms with Crippen molar-refractivity contribution in [1.29, 1.82) is 0 Å². The molecular formula is C40H62O5Si2. The van der Waals surface area contributed by atoms with E-state index in [2.05, 4.69) is 148 Å². The van der Waals surface area contributed by atoms with Gasteiger partial charge in [0.1, 0.15) is 5.60 Å². The van der Waals surface area contributed by atoms with Crippen LogP contribution < -0.4 is 10.4 Å². The number of benzene rings is 2. The van der Waals surface area contributed by atoms with Gasteiger partial charge in [-0.3, -0.25) is 0 Å². The molecule has 1 aliphatic heterocycles. The Morgan fingerprint density at radius 1 is 0.936 bits per heavy atom. The van der Waals surface area contributed by atoms with E-state index >= 15 is 0 Å². The van der Waals surface area contributed by atoms with E-state index in [9.17, 15) is 5.11 Å². The molecule has 2 aromatic carbocycles. The summed E-state index contributed by atoms with van der Waals surface area (Å²) in [5.41, 5.74) is 1.54. The highest BCUT2D eigenvalue weighted by Crippen LogP contribution is 2.48. The monoisotopic (exact) mass is 678 g/mol. The van der Waals surface area contributed by atoms with Crippen LogP contribution in [0.15, 0.2) is 84.0 Å². The minimum atomic E-state index is -2.72. The number of aliphatic hydroxyl groups is 1. The summed E-state index contributed by atoms with van der Waals surface area (Å²) < 4.78 is 26.9. The van der Waals surface area contributed by atoms with Crippen molar-refractivity contribution in [2.24, 2.45) is 11.8 Å². The van der Waals surface area contributed by atoms with Crippen molar-refractivity contribution in [3.8, 4) is 0 Å². The third kappa shape index (κ3) is 8.14. The summed E-state index contributed by atoms with van der Waals surface area (Å²) >= 11 is 0. The normalized spacial score (nSPS) is 26.1. The summed E-state index contributed by atoms with van der Waals surface area (Å²) in [6.07, 6.45) is 6.66. The Labute approximate surface area is 288 Å². The number of aliphatic hydroxyl groups excluding tert-OH is 1. The van der Waals surface area contributed by atoms with Gasteiger partial charge in [0.05, 0.1) is 13.2 Å². The smallest absolute Gasteiger partial charge is 0.261 e. The molecule has 2 aliphatic rings. The lowest BCUT2D eigenvalue weighted by Gasteiger charge is -2.45. The van der Waals surface area contributed by atoms with Crippen LogP contribution in [0.2, 0.25) is 23.2 Å². The average molecular weight is 679 g/mol. The van der Waals surface area contributed by atoms with Gasteiger partial charge in [0, 0.05) is 5.92 Å². The molecular weight excluding hydrogens is 617 g/mol. The van der Waals surface area contributed by atoms with Crippen molar-refractivity contribution >= 4 is 27.0 Å². The standard InChI is InChI=1S/C40H62O5Si2/c1-12-13-24-36-44-37(41)40(45-36)27-31(3)32(26-33(40)25-30(2)28-42-46(10,11)38(4,5)6)29-43-47(39(7,8)9,34-20-16-14-17-21-34)35-22-18-15-19-23-35/h14-23,25-26,31,33,36-37,41H,12-13,24,27-29H2,1-11H3/b30-25+/t31-,33-,36+,37?,40+/m1/s1. The fourth-order valence-corrected chi connectivity index (χ4v) is 12.5. The zero-order valence-corrected chi connectivity index (χ0v) is 33.1. The number of unbranched alkanes of at least 4 members (excludes halogenated alkanes) is 1. The highest BCUT2D eigenvalue weighted by molar-refractivity contribution is 6.99. The predicted octanol–water partition coefficient (Wildman–Crippen LogP) is 8.73. The zero-order valence-electron chi connectivity index (χ0n) is 31.1. The molecule has 5 atom stereocenters. The van der Waals surface area contributed by atoms with Crippen LogP contribution in [0.4, 0.5) is 0 Å². The van der Waals surface area contributed by atoms with Gasteiger partial charge in [0.15, 0.2) is 20.9 Å². The Morgan fingerprint density at radius 2 is 1.51 bits per heavy atom. The highest BCUT2D eigenvalue weighted by atomic mass is 28.4. The molecule has 1 unspecified atom stereocenters. The van der Waals surface area contributed by atoms with Crippen molar-refractivity contribution in [2.75, 3.05) is 13.2 Å². The van der Waals surface area contributed by atoms with Crippen molar-refractivity contribution in [3.63, 3.8) is 0 Å². The third-order valence-electron chi connectivity index (χ3n) is 10.9. The first kappa shape index (κ1) is 38.0. The van der Waals surface area contributed by atoms with Gasteiger partial charge in [-0.25, -0.2) is 0 Å². The average Bonchev–Trinajstić information content (AvgIpc) is 3.32. The lowest BCUT2D eigenvalue weighted by molar-refractivity contribution is -0.125. The van der Waals surface area contributed by atoms with Crippen LogP contribution in [0, 0.1) is 11.8 Å². The molecule has 0 amide bonds. The lowest BCUT2D eigenvalue weighted by Crippen LogP contribution is -2.66. The Kier molecular flexibility index (Phi) is 12.1. The number of ether oxygens (including phenoxy) is 2. The Balaban J connectivity index is 1.73.